The highest BCUT2D eigenvalue weighted by atomic mass is 19.1. The molecule has 2 rings (SSSR count). The van der Waals surface area contributed by atoms with Gasteiger partial charge in [0.25, 0.3) is 0 Å². The highest BCUT2D eigenvalue weighted by molar-refractivity contribution is 5.87. The fourth-order valence-electron chi connectivity index (χ4n) is 1.71. The van der Waals surface area contributed by atoms with Crippen LogP contribution >= 0.6 is 0 Å². The zero-order chi connectivity index (χ0) is 14.7. The van der Waals surface area contributed by atoms with E-state index in [-0.39, 0.29) is 24.0 Å². The average molecular weight is 279 g/mol. The minimum absolute atomic E-state index is 0.0260. The van der Waals surface area contributed by atoms with Gasteiger partial charge < -0.3 is 13.9 Å². The van der Waals surface area contributed by atoms with Crippen LogP contribution in [0.1, 0.15) is 23.2 Å². The number of oxazole rings is 1. The Kier molecular flexibility index (Phi) is 4.02. The van der Waals surface area contributed by atoms with Crippen LogP contribution in [0.5, 0.6) is 5.75 Å². The molecule has 5 nitrogen and oxygen atoms in total. The van der Waals surface area contributed by atoms with Gasteiger partial charge in [-0.25, -0.2) is 14.2 Å². The number of carbonyl (C=O) groups excluding carboxylic acids is 1. The molecule has 0 fully saturated rings. The molecule has 1 heterocycles. The number of aromatic nitrogens is 1. The van der Waals surface area contributed by atoms with Crippen molar-refractivity contribution in [1.29, 1.82) is 0 Å². The van der Waals surface area contributed by atoms with Crippen molar-refractivity contribution in [3.63, 3.8) is 0 Å². The van der Waals surface area contributed by atoms with Crippen molar-refractivity contribution in [3.8, 4) is 17.2 Å². The summed E-state index contributed by atoms with van der Waals surface area (Å²) in [6.07, 6.45) is 0. The van der Waals surface area contributed by atoms with Gasteiger partial charge in [0, 0.05) is 5.56 Å². The fourth-order valence-corrected chi connectivity index (χ4v) is 1.71. The summed E-state index contributed by atoms with van der Waals surface area (Å²) in [5.41, 5.74) is 0.816. The molecule has 0 radical (unpaired) electrons. The molecule has 0 aliphatic heterocycles. The Labute approximate surface area is 115 Å². The van der Waals surface area contributed by atoms with Gasteiger partial charge in [-0.2, -0.15) is 0 Å². The molecular weight excluding hydrogens is 265 g/mol. The first-order chi connectivity index (χ1) is 9.56. The van der Waals surface area contributed by atoms with Gasteiger partial charge in [-0.3, -0.25) is 0 Å². The van der Waals surface area contributed by atoms with Crippen LogP contribution in [0.15, 0.2) is 22.6 Å². The predicted molar refractivity (Wildman–Crippen MR) is 69.1 cm³/mol. The molecule has 0 N–H and O–H groups in total. The van der Waals surface area contributed by atoms with Crippen molar-refractivity contribution >= 4 is 5.97 Å². The second-order valence-corrected chi connectivity index (χ2v) is 4.00. The van der Waals surface area contributed by atoms with Crippen molar-refractivity contribution in [3.05, 3.63) is 35.5 Å². The Morgan fingerprint density at radius 1 is 1.45 bits per heavy atom. The molecule has 20 heavy (non-hydrogen) atoms. The number of hydrogen-bond donors (Lipinski definition) is 0. The summed E-state index contributed by atoms with van der Waals surface area (Å²) < 4.78 is 28.7. The minimum atomic E-state index is -0.585. The number of esters is 1. The molecule has 0 amide bonds. The average Bonchev–Trinajstić information content (AvgIpc) is 2.81. The van der Waals surface area contributed by atoms with Gasteiger partial charge in [-0.15, -0.1) is 0 Å². The van der Waals surface area contributed by atoms with Gasteiger partial charge in [-0.1, -0.05) is 0 Å². The molecule has 1 aromatic heterocycles. The second kappa shape index (κ2) is 5.73. The number of carbonyl (C=O) groups is 1. The molecule has 0 saturated carbocycles. The first-order valence-electron chi connectivity index (χ1n) is 6.05. The van der Waals surface area contributed by atoms with Gasteiger partial charge in [-0.05, 0) is 32.0 Å². The van der Waals surface area contributed by atoms with Crippen LogP contribution in [-0.2, 0) is 4.74 Å². The lowest BCUT2D eigenvalue weighted by molar-refractivity contribution is 0.0490. The third-order valence-corrected chi connectivity index (χ3v) is 2.66. The van der Waals surface area contributed by atoms with Gasteiger partial charge in [0.1, 0.15) is 0 Å². The van der Waals surface area contributed by atoms with Gasteiger partial charge in [0.15, 0.2) is 11.6 Å². The summed E-state index contributed by atoms with van der Waals surface area (Å²) in [6, 6.07) is 4.30. The smallest absolute Gasteiger partial charge is 0.376 e. The predicted octanol–water partition coefficient (Wildman–Crippen LogP) is 2.97. The van der Waals surface area contributed by atoms with Crippen molar-refractivity contribution in [2.75, 3.05) is 13.7 Å². The molecule has 0 saturated heterocycles. The van der Waals surface area contributed by atoms with Crippen LogP contribution in [0, 0.1) is 12.7 Å². The maximum Gasteiger partial charge on any atom is 0.376 e. The third-order valence-electron chi connectivity index (χ3n) is 2.66. The number of halogens is 1. The number of nitrogens with zero attached hydrogens (tertiary/aromatic N) is 1. The Morgan fingerprint density at radius 2 is 2.20 bits per heavy atom. The van der Waals surface area contributed by atoms with E-state index in [2.05, 4.69) is 4.98 Å². The van der Waals surface area contributed by atoms with E-state index in [4.69, 9.17) is 13.9 Å². The van der Waals surface area contributed by atoms with E-state index in [1.165, 1.54) is 19.2 Å². The van der Waals surface area contributed by atoms with Crippen LogP contribution in [-0.4, -0.2) is 24.7 Å². The number of rotatable bonds is 4. The maximum absolute atomic E-state index is 13.6. The Hall–Kier alpha value is -2.37. The van der Waals surface area contributed by atoms with E-state index in [1.807, 2.05) is 0 Å². The first-order valence-corrected chi connectivity index (χ1v) is 6.05. The van der Waals surface area contributed by atoms with Gasteiger partial charge in [0.05, 0.1) is 19.4 Å². The topological polar surface area (TPSA) is 61.6 Å². The molecule has 0 aliphatic carbocycles. The lowest BCUT2D eigenvalue weighted by Gasteiger charge is -2.02. The summed E-state index contributed by atoms with van der Waals surface area (Å²) in [4.78, 5) is 15.7. The molecule has 106 valence electrons. The Balaban J connectivity index is 2.37. The summed E-state index contributed by atoms with van der Waals surface area (Å²) in [5.74, 6) is -0.802. The molecule has 6 heteroatoms. The number of methoxy groups -OCH3 is 1. The SMILES string of the molecule is CCOC(=O)c1oc(-c2ccc(OC)c(F)c2)nc1C. The Bertz CT molecular complexity index is 636. The monoisotopic (exact) mass is 279 g/mol. The Morgan fingerprint density at radius 3 is 2.80 bits per heavy atom. The quantitative estimate of drug-likeness (QED) is 0.805. The van der Waals surface area contributed by atoms with Gasteiger partial charge >= 0.3 is 5.97 Å². The fraction of sp³-hybridized carbons (Fsp3) is 0.286. The molecular formula is C14H14FNO4. The first kappa shape index (κ1) is 14.0. The normalized spacial score (nSPS) is 10.4. The molecule has 0 atom stereocenters. The zero-order valence-electron chi connectivity index (χ0n) is 11.4. The van der Waals surface area contributed by atoms with Crippen molar-refractivity contribution in [2.24, 2.45) is 0 Å². The van der Waals surface area contributed by atoms with Crippen molar-refractivity contribution in [1.82, 2.24) is 4.98 Å². The summed E-state index contributed by atoms with van der Waals surface area (Å²) in [7, 11) is 1.38. The second-order valence-electron chi connectivity index (χ2n) is 4.00. The van der Waals surface area contributed by atoms with Gasteiger partial charge in [0.2, 0.25) is 11.7 Å². The number of aryl methyl sites for hydroxylation is 1. The molecule has 2 aromatic rings. The molecule has 0 spiro atoms. The summed E-state index contributed by atoms with van der Waals surface area (Å²) in [5, 5.41) is 0. The summed E-state index contributed by atoms with van der Waals surface area (Å²) >= 11 is 0. The molecule has 0 bridgehead atoms. The third kappa shape index (κ3) is 2.64. The lowest BCUT2D eigenvalue weighted by Crippen LogP contribution is -2.04. The van der Waals surface area contributed by atoms with Crippen LogP contribution in [0.3, 0.4) is 0 Å². The number of benzene rings is 1. The van der Waals surface area contributed by atoms with E-state index < -0.39 is 11.8 Å². The summed E-state index contributed by atoms with van der Waals surface area (Å²) in [6.45, 7) is 3.56. The molecule has 0 unspecified atom stereocenters. The lowest BCUT2D eigenvalue weighted by atomic mass is 10.2. The zero-order valence-corrected chi connectivity index (χ0v) is 11.4. The standard InChI is InChI=1S/C14H14FNO4/c1-4-19-14(17)12-8(2)16-13(20-12)9-5-6-11(18-3)10(15)7-9/h5-7H,4H2,1-3H3. The van der Waals surface area contributed by atoms with E-state index in [1.54, 1.807) is 19.9 Å². The van der Waals surface area contributed by atoms with Crippen LogP contribution in [0.25, 0.3) is 11.5 Å². The number of ether oxygens (including phenoxy) is 2. The highest BCUT2D eigenvalue weighted by Crippen LogP contribution is 2.26. The van der Waals surface area contributed by atoms with E-state index >= 15 is 0 Å². The largest absolute Gasteiger partial charge is 0.494 e. The van der Waals surface area contributed by atoms with Crippen molar-refractivity contribution < 1.29 is 23.1 Å². The van der Waals surface area contributed by atoms with Crippen LogP contribution in [0.4, 0.5) is 4.39 Å². The number of hydrogen-bond acceptors (Lipinski definition) is 5. The minimum Gasteiger partial charge on any atom is -0.494 e. The van der Waals surface area contributed by atoms with Crippen LogP contribution < -0.4 is 4.74 Å². The molecule has 0 aliphatic rings. The molecule has 1 aromatic carbocycles. The van der Waals surface area contributed by atoms with E-state index in [0.29, 0.717) is 11.3 Å². The highest BCUT2D eigenvalue weighted by Gasteiger charge is 2.20. The van der Waals surface area contributed by atoms with Crippen molar-refractivity contribution in [2.45, 2.75) is 13.8 Å². The maximum atomic E-state index is 13.6. The van der Waals surface area contributed by atoms with E-state index in [0.717, 1.165) is 0 Å². The van der Waals surface area contributed by atoms with E-state index in [9.17, 15) is 9.18 Å². The van der Waals surface area contributed by atoms with Crippen LogP contribution in [0.2, 0.25) is 0 Å².